The number of anilines is 2. The van der Waals surface area contributed by atoms with Gasteiger partial charge in [0.15, 0.2) is 6.10 Å². The standard InChI is InChI=1S/C15H20N2O3/c1-9-5-6-17(8-13(9)20-2)10-3-4-11-12(7-10)16-15(19)14(11)18/h3-4,7,9,13-14,18H,5-6,8H2,1-2H3,(H,16,19). The van der Waals surface area contributed by atoms with Crippen molar-refractivity contribution >= 4 is 17.3 Å². The maximum atomic E-state index is 11.5. The van der Waals surface area contributed by atoms with Crippen LogP contribution < -0.4 is 10.2 Å². The van der Waals surface area contributed by atoms with E-state index in [4.69, 9.17) is 4.74 Å². The molecule has 0 aliphatic carbocycles. The van der Waals surface area contributed by atoms with Crippen molar-refractivity contribution in [3.8, 4) is 0 Å². The molecule has 1 saturated heterocycles. The number of hydrogen-bond donors (Lipinski definition) is 2. The summed E-state index contributed by atoms with van der Waals surface area (Å²) in [7, 11) is 1.75. The maximum absolute atomic E-state index is 11.5. The number of hydrogen-bond acceptors (Lipinski definition) is 4. The van der Waals surface area contributed by atoms with Crippen molar-refractivity contribution in [2.75, 3.05) is 30.4 Å². The first-order valence-electron chi connectivity index (χ1n) is 7.00. The Bertz CT molecular complexity index is 532. The molecule has 0 radical (unpaired) electrons. The highest BCUT2D eigenvalue weighted by molar-refractivity contribution is 6.02. The Morgan fingerprint density at radius 2 is 2.25 bits per heavy atom. The molecule has 2 aliphatic rings. The lowest BCUT2D eigenvalue weighted by Crippen LogP contribution is -2.43. The van der Waals surface area contributed by atoms with Crippen molar-refractivity contribution in [1.29, 1.82) is 0 Å². The van der Waals surface area contributed by atoms with E-state index in [9.17, 15) is 9.90 Å². The van der Waals surface area contributed by atoms with Crippen LogP contribution in [0.25, 0.3) is 0 Å². The molecule has 3 atom stereocenters. The predicted octanol–water partition coefficient (Wildman–Crippen LogP) is 1.53. The summed E-state index contributed by atoms with van der Waals surface area (Å²) in [6.45, 7) is 4.05. The molecule has 2 N–H and O–H groups in total. The van der Waals surface area contributed by atoms with Crippen LogP contribution >= 0.6 is 0 Å². The number of nitrogens with zero attached hydrogens (tertiary/aromatic N) is 1. The fourth-order valence-electron chi connectivity index (χ4n) is 3.01. The fourth-order valence-corrected chi connectivity index (χ4v) is 3.01. The smallest absolute Gasteiger partial charge is 0.257 e. The summed E-state index contributed by atoms with van der Waals surface area (Å²) in [5.74, 6) is 0.214. The lowest BCUT2D eigenvalue weighted by molar-refractivity contribution is -0.123. The minimum Gasteiger partial charge on any atom is -0.379 e. The molecule has 3 unspecified atom stereocenters. The number of methoxy groups -OCH3 is 1. The molecular weight excluding hydrogens is 256 g/mol. The summed E-state index contributed by atoms with van der Waals surface area (Å²) in [6, 6.07) is 5.73. The molecule has 20 heavy (non-hydrogen) atoms. The number of ether oxygens (including phenoxy) is 1. The summed E-state index contributed by atoms with van der Waals surface area (Å²) >= 11 is 0. The van der Waals surface area contributed by atoms with E-state index in [0.29, 0.717) is 17.2 Å². The first-order valence-corrected chi connectivity index (χ1v) is 7.00. The second-order valence-corrected chi connectivity index (χ2v) is 5.65. The summed E-state index contributed by atoms with van der Waals surface area (Å²) in [4.78, 5) is 13.7. The highest BCUT2D eigenvalue weighted by atomic mass is 16.5. The molecule has 1 aromatic rings. The number of rotatable bonds is 2. The normalized spacial score (nSPS) is 29.2. The van der Waals surface area contributed by atoms with Gasteiger partial charge in [-0.3, -0.25) is 4.79 Å². The minimum absolute atomic E-state index is 0.234. The zero-order valence-corrected chi connectivity index (χ0v) is 11.8. The number of nitrogens with one attached hydrogen (secondary N) is 1. The highest BCUT2D eigenvalue weighted by Gasteiger charge is 2.30. The molecule has 108 valence electrons. The second-order valence-electron chi connectivity index (χ2n) is 5.65. The molecule has 0 aromatic heterocycles. The van der Waals surface area contributed by atoms with E-state index in [-0.39, 0.29) is 12.0 Å². The van der Waals surface area contributed by atoms with Gasteiger partial charge in [-0.05, 0) is 24.5 Å². The molecule has 1 aromatic carbocycles. The number of amides is 1. The first kappa shape index (κ1) is 13.4. The maximum Gasteiger partial charge on any atom is 0.257 e. The summed E-state index contributed by atoms with van der Waals surface area (Å²) in [6.07, 6.45) is 0.286. The monoisotopic (exact) mass is 276 g/mol. The first-order chi connectivity index (χ1) is 9.60. The Kier molecular flexibility index (Phi) is 3.40. The molecule has 0 spiro atoms. The zero-order chi connectivity index (χ0) is 14.3. The van der Waals surface area contributed by atoms with Gasteiger partial charge in [0, 0.05) is 37.1 Å². The second kappa shape index (κ2) is 5.07. The van der Waals surface area contributed by atoms with Crippen LogP contribution in [0.2, 0.25) is 0 Å². The van der Waals surface area contributed by atoms with Crippen LogP contribution in [0.1, 0.15) is 25.0 Å². The van der Waals surface area contributed by atoms with Crippen molar-refractivity contribution in [2.24, 2.45) is 5.92 Å². The van der Waals surface area contributed by atoms with Gasteiger partial charge in [0.2, 0.25) is 0 Å². The molecule has 2 heterocycles. The van der Waals surface area contributed by atoms with Crippen LogP contribution in [0.4, 0.5) is 11.4 Å². The van der Waals surface area contributed by atoms with E-state index in [1.807, 2.05) is 18.2 Å². The van der Waals surface area contributed by atoms with Crippen LogP contribution in [0.15, 0.2) is 18.2 Å². The van der Waals surface area contributed by atoms with Crippen molar-refractivity contribution < 1.29 is 14.6 Å². The SMILES string of the molecule is COC1CN(c2ccc3c(c2)NC(=O)C3O)CCC1C. The van der Waals surface area contributed by atoms with E-state index in [1.165, 1.54) is 0 Å². The topological polar surface area (TPSA) is 61.8 Å². The largest absolute Gasteiger partial charge is 0.379 e. The number of carbonyl (C=O) groups is 1. The molecule has 0 saturated carbocycles. The molecule has 5 nitrogen and oxygen atoms in total. The van der Waals surface area contributed by atoms with E-state index >= 15 is 0 Å². The molecule has 0 bridgehead atoms. The molecule has 1 amide bonds. The third-order valence-corrected chi connectivity index (χ3v) is 4.39. The van der Waals surface area contributed by atoms with Crippen LogP contribution in [-0.2, 0) is 9.53 Å². The van der Waals surface area contributed by atoms with E-state index in [0.717, 1.165) is 25.2 Å². The van der Waals surface area contributed by atoms with Gasteiger partial charge in [-0.15, -0.1) is 0 Å². The van der Waals surface area contributed by atoms with Gasteiger partial charge in [-0.25, -0.2) is 0 Å². The quantitative estimate of drug-likeness (QED) is 0.860. The Morgan fingerprint density at radius 3 is 3.00 bits per heavy atom. The molecule has 5 heteroatoms. The van der Waals surface area contributed by atoms with E-state index in [2.05, 4.69) is 17.1 Å². The molecule has 3 rings (SSSR count). The van der Waals surface area contributed by atoms with Crippen LogP contribution in [0.3, 0.4) is 0 Å². The number of aliphatic hydroxyl groups is 1. The lowest BCUT2D eigenvalue weighted by Gasteiger charge is -2.37. The average Bonchev–Trinajstić information content (AvgIpc) is 2.74. The van der Waals surface area contributed by atoms with Crippen molar-refractivity contribution in [1.82, 2.24) is 0 Å². The summed E-state index contributed by atoms with van der Waals surface area (Å²) in [5, 5.41) is 12.4. The number of carbonyl (C=O) groups excluding carboxylic acids is 1. The van der Waals surface area contributed by atoms with Crippen molar-refractivity contribution in [2.45, 2.75) is 25.6 Å². The van der Waals surface area contributed by atoms with E-state index in [1.54, 1.807) is 7.11 Å². The molecule has 2 aliphatic heterocycles. The fraction of sp³-hybridized carbons (Fsp3) is 0.533. The third kappa shape index (κ3) is 2.17. The third-order valence-electron chi connectivity index (χ3n) is 4.39. The average molecular weight is 276 g/mol. The molecular formula is C15H20N2O3. The van der Waals surface area contributed by atoms with E-state index < -0.39 is 6.10 Å². The van der Waals surface area contributed by atoms with Gasteiger partial charge >= 0.3 is 0 Å². The van der Waals surface area contributed by atoms with Crippen molar-refractivity contribution in [3.63, 3.8) is 0 Å². The van der Waals surface area contributed by atoms with Crippen LogP contribution in [-0.4, -0.2) is 37.3 Å². The number of piperidine rings is 1. The lowest BCUT2D eigenvalue weighted by atomic mass is 9.95. The van der Waals surface area contributed by atoms with Gasteiger partial charge in [-0.1, -0.05) is 13.0 Å². The Labute approximate surface area is 118 Å². The van der Waals surface area contributed by atoms with Crippen LogP contribution in [0.5, 0.6) is 0 Å². The number of fused-ring (bicyclic) bond motifs is 1. The Hall–Kier alpha value is -1.59. The molecule has 1 fully saturated rings. The number of benzene rings is 1. The minimum atomic E-state index is -1.04. The van der Waals surface area contributed by atoms with Gasteiger partial charge in [-0.2, -0.15) is 0 Å². The summed E-state index contributed by atoms with van der Waals surface area (Å²) in [5.41, 5.74) is 2.44. The van der Waals surface area contributed by atoms with Gasteiger partial charge < -0.3 is 20.1 Å². The van der Waals surface area contributed by atoms with Gasteiger partial charge in [0.05, 0.1) is 6.10 Å². The summed E-state index contributed by atoms with van der Waals surface area (Å²) < 4.78 is 5.53. The highest BCUT2D eigenvalue weighted by Crippen LogP contribution is 2.35. The van der Waals surface area contributed by atoms with Crippen LogP contribution in [0, 0.1) is 5.92 Å². The zero-order valence-electron chi connectivity index (χ0n) is 11.8. The Morgan fingerprint density at radius 1 is 1.45 bits per heavy atom. The predicted molar refractivity (Wildman–Crippen MR) is 76.8 cm³/mol. The Balaban J connectivity index is 1.82. The number of aliphatic hydroxyl groups excluding tert-OH is 1. The van der Waals surface area contributed by atoms with Crippen molar-refractivity contribution in [3.05, 3.63) is 23.8 Å². The van der Waals surface area contributed by atoms with Gasteiger partial charge in [0.25, 0.3) is 5.91 Å². The van der Waals surface area contributed by atoms with Gasteiger partial charge in [0.1, 0.15) is 0 Å².